The van der Waals surface area contributed by atoms with Crippen LogP contribution in [-0.4, -0.2) is 18.0 Å². The predicted molar refractivity (Wildman–Crippen MR) is 67.3 cm³/mol. The van der Waals surface area contributed by atoms with Crippen molar-refractivity contribution in [2.45, 2.75) is 31.6 Å². The minimum absolute atomic E-state index is 0.465. The lowest BCUT2D eigenvalue weighted by atomic mass is 10.0. The maximum absolute atomic E-state index is 11.4. The molecule has 0 aliphatic heterocycles. The average molecular weight is 296 g/mol. The van der Waals surface area contributed by atoms with Gasteiger partial charge in [0.15, 0.2) is 4.87 Å². The summed E-state index contributed by atoms with van der Waals surface area (Å²) in [7, 11) is 1.32. The number of ether oxygens (including phenoxy) is 1. The van der Waals surface area contributed by atoms with Crippen molar-refractivity contribution in [3.8, 4) is 0 Å². The van der Waals surface area contributed by atoms with Gasteiger partial charge < -0.3 is 4.74 Å². The van der Waals surface area contributed by atoms with Crippen molar-refractivity contribution < 1.29 is 9.53 Å². The lowest BCUT2D eigenvalue weighted by molar-refractivity contribution is -0.142. The van der Waals surface area contributed by atoms with Gasteiger partial charge in [-0.25, -0.2) is 4.79 Å². The molecule has 1 unspecified atom stereocenters. The van der Waals surface area contributed by atoms with E-state index in [1.54, 1.807) is 0 Å². The number of rotatable bonds is 5. The number of allylic oxidation sites excluding steroid dienone is 2. The van der Waals surface area contributed by atoms with Crippen molar-refractivity contribution in [2.24, 2.45) is 0 Å². The van der Waals surface area contributed by atoms with Gasteiger partial charge in [0.2, 0.25) is 0 Å². The van der Waals surface area contributed by atoms with Crippen molar-refractivity contribution >= 4 is 33.5 Å². The zero-order chi connectivity index (χ0) is 12.1. The van der Waals surface area contributed by atoms with Crippen molar-refractivity contribution in [3.63, 3.8) is 0 Å². The highest BCUT2D eigenvalue weighted by Crippen LogP contribution is 2.29. The van der Waals surface area contributed by atoms with Crippen LogP contribution in [0.4, 0.5) is 0 Å². The van der Waals surface area contributed by atoms with Crippen LogP contribution in [0.15, 0.2) is 22.7 Å². The molecule has 4 heteroatoms. The fourth-order valence-electron chi connectivity index (χ4n) is 0.999. The summed E-state index contributed by atoms with van der Waals surface area (Å²) in [5, 5.41) is 0. The fourth-order valence-corrected chi connectivity index (χ4v) is 1.37. The second-order valence-corrected chi connectivity index (χ2v) is 5.09. The summed E-state index contributed by atoms with van der Waals surface area (Å²) in [6.45, 7) is 7.54. The highest BCUT2D eigenvalue weighted by Gasteiger charge is 2.33. The molecule has 0 aliphatic carbocycles. The molecule has 86 valence electrons. The molecule has 0 radical (unpaired) electrons. The zero-order valence-corrected chi connectivity index (χ0v) is 11.6. The topological polar surface area (TPSA) is 26.3 Å². The van der Waals surface area contributed by atoms with Crippen molar-refractivity contribution in [3.05, 3.63) is 22.7 Å². The fraction of sp³-hybridized carbons (Fsp3) is 0.545. The van der Waals surface area contributed by atoms with Gasteiger partial charge in [-0.05, 0) is 31.2 Å². The first-order valence-corrected chi connectivity index (χ1v) is 5.77. The van der Waals surface area contributed by atoms with Crippen LogP contribution in [0.5, 0.6) is 0 Å². The van der Waals surface area contributed by atoms with Gasteiger partial charge >= 0.3 is 5.97 Å². The molecule has 15 heavy (non-hydrogen) atoms. The van der Waals surface area contributed by atoms with Gasteiger partial charge in [-0.15, -0.1) is 18.2 Å². The quantitative estimate of drug-likeness (QED) is 0.438. The van der Waals surface area contributed by atoms with Crippen molar-refractivity contribution in [1.29, 1.82) is 0 Å². The summed E-state index contributed by atoms with van der Waals surface area (Å²) in [5.41, 5.74) is 1.17. The Balaban J connectivity index is 4.54. The molecule has 0 N–H and O–H groups in total. The maximum Gasteiger partial charge on any atom is 0.330 e. The van der Waals surface area contributed by atoms with Gasteiger partial charge in [0.25, 0.3) is 0 Å². The van der Waals surface area contributed by atoms with E-state index in [2.05, 4.69) is 27.2 Å². The van der Waals surface area contributed by atoms with Crippen LogP contribution in [0.2, 0.25) is 0 Å². The Morgan fingerprint density at radius 3 is 2.47 bits per heavy atom. The van der Waals surface area contributed by atoms with E-state index in [-0.39, 0.29) is 0 Å². The normalized spacial score (nSPS) is 13.9. The third-order valence-corrected chi connectivity index (χ3v) is 3.79. The smallest absolute Gasteiger partial charge is 0.330 e. The van der Waals surface area contributed by atoms with E-state index in [1.165, 1.54) is 18.8 Å². The van der Waals surface area contributed by atoms with Gasteiger partial charge in [0, 0.05) is 0 Å². The van der Waals surface area contributed by atoms with Crippen LogP contribution < -0.4 is 0 Å². The van der Waals surface area contributed by atoms with Gasteiger partial charge in [-0.3, -0.25) is 0 Å². The van der Waals surface area contributed by atoms with E-state index in [1.807, 2.05) is 13.8 Å². The molecule has 0 saturated heterocycles. The predicted octanol–water partition coefficient (Wildman–Crippen LogP) is 3.79. The third kappa shape index (κ3) is 4.39. The first kappa shape index (κ1) is 14.7. The van der Waals surface area contributed by atoms with E-state index in [4.69, 9.17) is 11.6 Å². The van der Waals surface area contributed by atoms with Gasteiger partial charge in [0.05, 0.1) is 7.11 Å². The number of esters is 1. The molecule has 0 spiro atoms. The van der Waals surface area contributed by atoms with Gasteiger partial charge in [-0.1, -0.05) is 27.6 Å². The van der Waals surface area contributed by atoms with E-state index < -0.39 is 10.8 Å². The van der Waals surface area contributed by atoms with Crippen molar-refractivity contribution in [2.75, 3.05) is 7.11 Å². The second-order valence-electron chi connectivity index (χ2n) is 3.46. The minimum atomic E-state index is -1.12. The van der Waals surface area contributed by atoms with Gasteiger partial charge in [-0.2, -0.15) is 0 Å². The lowest BCUT2D eigenvalue weighted by Gasteiger charge is -2.19. The number of carbonyl (C=O) groups is 1. The van der Waals surface area contributed by atoms with Gasteiger partial charge in [0.1, 0.15) is 0 Å². The molecule has 0 aromatic carbocycles. The SMILES string of the molecule is C=CC(Cl)(CCC(Br)=C(C)C)C(=O)OC. The van der Waals surface area contributed by atoms with Crippen LogP contribution in [-0.2, 0) is 9.53 Å². The second kappa shape index (κ2) is 6.33. The molecule has 1 atom stereocenters. The molecule has 0 aromatic heterocycles. The zero-order valence-electron chi connectivity index (χ0n) is 9.27. The Kier molecular flexibility index (Phi) is 6.22. The van der Waals surface area contributed by atoms with E-state index >= 15 is 0 Å². The number of carbonyl (C=O) groups excluding carboxylic acids is 1. The molecule has 0 aliphatic rings. The van der Waals surface area contributed by atoms with E-state index in [9.17, 15) is 4.79 Å². The summed E-state index contributed by atoms with van der Waals surface area (Å²) >= 11 is 9.52. The summed E-state index contributed by atoms with van der Waals surface area (Å²) in [6.07, 6.45) is 2.58. The molecular formula is C11H16BrClO2. The van der Waals surface area contributed by atoms with Crippen molar-refractivity contribution in [1.82, 2.24) is 0 Å². The first-order valence-electron chi connectivity index (χ1n) is 4.60. The van der Waals surface area contributed by atoms with Crippen LogP contribution in [0.25, 0.3) is 0 Å². The number of halogens is 2. The molecule has 0 fully saturated rings. The number of hydrogen-bond acceptors (Lipinski definition) is 2. The van der Waals surface area contributed by atoms with Crippen LogP contribution in [0.1, 0.15) is 26.7 Å². The molecule has 0 heterocycles. The van der Waals surface area contributed by atoms with E-state index in [0.717, 1.165) is 4.48 Å². The molecule has 0 amide bonds. The summed E-state index contributed by atoms with van der Waals surface area (Å²) in [6, 6.07) is 0. The Morgan fingerprint density at radius 2 is 2.13 bits per heavy atom. The Bertz CT molecular complexity index is 282. The number of alkyl halides is 1. The lowest BCUT2D eigenvalue weighted by Crippen LogP contribution is -2.31. The van der Waals surface area contributed by atoms with E-state index in [0.29, 0.717) is 12.8 Å². The number of methoxy groups -OCH3 is 1. The minimum Gasteiger partial charge on any atom is -0.467 e. The highest BCUT2D eigenvalue weighted by atomic mass is 79.9. The summed E-state index contributed by atoms with van der Waals surface area (Å²) < 4.78 is 5.68. The Hall–Kier alpha value is -0.280. The standard InChI is InChI=1S/C11H16BrClO2/c1-5-11(13,10(14)15-4)7-6-9(12)8(2)3/h5H,1,6-7H2,2-4H3. The Morgan fingerprint density at radius 1 is 1.60 bits per heavy atom. The molecular weight excluding hydrogens is 279 g/mol. The molecule has 0 rings (SSSR count). The number of hydrogen-bond donors (Lipinski definition) is 0. The summed E-state index contributed by atoms with van der Waals surface area (Å²) in [4.78, 5) is 10.3. The third-order valence-electron chi connectivity index (χ3n) is 2.10. The first-order chi connectivity index (χ1) is 6.87. The van der Waals surface area contributed by atoms with Crippen LogP contribution in [0.3, 0.4) is 0 Å². The monoisotopic (exact) mass is 294 g/mol. The molecule has 0 bridgehead atoms. The van der Waals surface area contributed by atoms with Crippen LogP contribution >= 0.6 is 27.5 Å². The summed E-state index contributed by atoms with van der Waals surface area (Å²) in [5.74, 6) is -0.465. The maximum atomic E-state index is 11.4. The molecule has 0 aromatic rings. The largest absolute Gasteiger partial charge is 0.467 e. The average Bonchev–Trinajstić information content (AvgIpc) is 2.23. The highest BCUT2D eigenvalue weighted by molar-refractivity contribution is 9.11. The van der Waals surface area contributed by atoms with Crippen LogP contribution in [0, 0.1) is 0 Å². The molecule has 2 nitrogen and oxygen atoms in total. The molecule has 0 saturated carbocycles. The Labute approximate surface area is 104 Å².